The van der Waals surface area contributed by atoms with Gasteiger partial charge in [0.2, 0.25) is 0 Å². The topological polar surface area (TPSA) is 35.5 Å². The minimum atomic E-state index is -0.363. The summed E-state index contributed by atoms with van der Waals surface area (Å²) < 4.78 is 11.0. The van der Waals surface area contributed by atoms with Crippen LogP contribution in [0.1, 0.15) is 20.7 Å². The number of ketones is 1. The summed E-state index contributed by atoms with van der Waals surface area (Å²) in [5.41, 5.74) is 1.65. The third kappa shape index (κ3) is 3.20. The fourth-order valence-electron chi connectivity index (χ4n) is 2.29. The van der Waals surface area contributed by atoms with Gasteiger partial charge < -0.3 is 9.47 Å². The number of fused-ring (bicyclic) bond motifs is 1. The molecule has 2 aromatic carbocycles. The molecule has 22 heavy (non-hydrogen) atoms. The van der Waals surface area contributed by atoms with E-state index in [1.165, 1.54) is 0 Å². The van der Waals surface area contributed by atoms with Gasteiger partial charge in [0.05, 0.1) is 9.65 Å². The lowest BCUT2D eigenvalue weighted by Gasteiger charge is -2.20. The first-order chi connectivity index (χ1) is 10.7. The van der Waals surface area contributed by atoms with Crippen molar-refractivity contribution in [3.8, 4) is 11.5 Å². The summed E-state index contributed by atoms with van der Waals surface area (Å²) in [6, 6.07) is 15.2. The largest absolute Gasteiger partial charge is 0.486 e. The fourth-order valence-corrected chi connectivity index (χ4v) is 3.41. The van der Waals surface area contributed by atoms with Crippen LogP contribution in [0.3, 0.4) is 0 Å². The van der Waals surface area contributed by atoms with Crippen molar-refractivity contribution < 1.29 is 14.3 Å². The molecule has 1 heterocycles. The minimum Gasteiger partial charge on any atom is -0.486 e. The number of ether oxygens (including phenoxy) is 2. The lowest BCUT2D eigenvalue weighted by Crippen LogP contribution is -2.20. The van der Waals surface area contributed by atoms with Crippen LogP contribution < -0.4 is 9.47 Å². The second kappa shape index (κ2) is 6.84. The van der Waals surface area contributed by atoms with Gasteiger partial charge in [-0.1, -0.05) is 62.2 Å². The second-order valence-corrected chi connectivity index (χ2v) is 6.91. The predicted octanol–water partition coefficient (Wildman–Crippen LogP) is 4.54. The van der Waals surface area contributed by atoms with Crippen LogP contribution in [0.25, 0.3) is 0 Å². The highest BCUT2D eigenvalue weighted by Crippen LogP contribution is 2.36. The van der Waals surface area contributed by atoms with Crippen LogP contribution in [0.5, 0.6) is 11.5 Å². The first-order valence-electron chi connectivity index (χ1n) is 6.94. The van der Waals surface area contributed by atoms with E-state index in [9.17, 15) is 4.79 Å². The average Bonchev–Trinajstić information content (AvgIpc) is 2.60. The Hall–Kier alpha value is -1.33. The van der Waals surface area contributed by atoms with Crippen LogP contribution in [0.2, 0.25) is 0 Å². The molecule has 2 aromatic rings. The Labute approximate surface area is 145 Å². The number of Topliss-reactive ketones (excluding diaryl/α,β-unsaturated/α-hetero) is 1. The molecule has 0 saturated carbocycles. The first kappa shape index (κ1) is 15.6. The predicted molar refractivity (Wildman–Crippen MR) is 92.6 cm³/mol. The van der Waals surface area contributed by atoms with E-state index in [4.69, 9.17) is 9.47 Å². The number of carbonyl (C=O) groups excluding carboxylic acids is 1. The van der Waals surface area contributed by atoms with Gasteiger partial charge in [-0.2, -0.15) is 0 Å². The molecular weight excluding hydrogens is 412 g/mol. The highest BCUT2D eigenvalue weighted by molar-refractivity contribution is 9.12. The van der Waals surface area contributed by atoms with Crippen molar-refractivity contribution in [2.45, 2.75) is 9.65 Å². The molecule has 2 atom stereocenters. The molecule has 3 nitrogen and oxygen atoms in total. The third-order valence-corrected chi connectivity index (χ3v) is 6.16. The lowest BCUT2D eigenvalue weighted by molar-refractivity contribution is 0.0989. The summed E-state index contributed by atoms with van der Waals surface area (Å²) >= 11 is 7.11. The van der Waals surface area contributed by atoms with E-state index in [2.05, 4.69) is 31.9 Å². The lowest BCUT2D eigenvalue weighted by atomic mass is 10.0. The molecule has 0 radical (unpaired) electrons. The summed E-state index contributed by atoms with van der Waals surface area (Å²) in [5.74, 6) is 1.32. The van der Waals surface area contributed by atoms with E-state index in [1.54, 1.807) is 18.2 Å². The molecule has 0 bridgehead atoms. The number of benzene rings is 2. The van der Waals surface area contributed by atoms with Crippen molar-refractivity contribution >= 4 is 37.6 Å². The smallest absolute Gasteiger partial charge is 0.178 e. The number of rotatable bonds is 4. The maximum Gasteiger partial charge on any atom is 0.178 e. The van der Waals surface area contributed by atoms with Gasteiger partial charge in [0.1, 0.15) is 13.2 Å². The molecule has 0 spiro atoms. The molecule has 3 rings (SSSR count). The van der Waals surface area contributed by atoms with Gasteiger partial charge in [-0.05, 0) is 23.8 Å². The van der Waals surface area contributed by atoms with Gasteiger partial charge in [0.15, 0.2) is 17.3 Å². The van der Waals surface area contributed by atoms with E-state index >= 15 is 0 Å². The van der Waals surface area contributed by atoms with Gasteiger partial charge in [0.25, 0.3) is 0 Å². The first-order valence-corrected chi connectivity index (χ1v) is 8.77. The van der Waals surface area contributed by atoms with Crippen molar-refractivity contribution in [3.05, 3.63) is 59.7 Å². The Bertz CT molecular complexity index is 673. The summed E-state index contributed by atoms with van der Waals surface area (Å²) in [6.07, 6.45) is 0. The molecular formula is C17H14Br2O3. The zero-order chi connectivity index (χ0) is 15.5. The molecule has 1 aliphatic heterocycles. The van der Waals surface area contributed by atoms with Gasteiger partial charge in [-0.25, -0.2) is 0 Å². The van der Waals surface area contributed by atoms with Crippen molar-refractivity contribution in [1.82, 2.24) is 0 Å². The number of halogens is 2. The molecule has 0 N–H and O–H groups in total. The maximum atomic E-state index is 12.7. The summed E-state index contributed by atoms with van der Waals surface area (Å²) in [6.45, 7) is 1.05. The summed E-state index contributed by atoms with van der Waals surface area (Å²) in [7, 11) is 0. The Balaban J connectivity index is 1.81. The quantitative estimate of drug-likeness (QED) is 0.532. The molecule has 1 aliphatic rings. The zero-order valence-electron chi connectivity index (χ0n) is 11.7. The van der Waals surface area contributed by atoms with Crippen LogP contribution in [-0.2, 0) is 0 Å². The van der Waals surface area contributed by atoms with Gasteiger partial charge in [-0.15, -0.1) is 0 Å². The van der Waals surface area contributed by atoms with Crippen molar-refractivity contribution in [2.24, 2.45) is 0 Å². The average molecular weight is 426 g/mol. The Morgan fingerprint density at radius 1 is 0.955 bits per heavy atom. The van der Waals surface area contributed by atoms with Crippen molar-refractivity contribution in [3.63, 3.8) is 0 Å². The highest BCUT2D eigenvalue weighted by Gasteiger charge is 2.27. The standard InChI is InChI=1S/C17H14Br2O3/c18-15(11-4-2-1-3-5-11)16(19)17(20)12-6-7-13-14(10-12)22-9-8-21-13/h1-7,10,15-16H,8-9H2/t15-,16-/m0/s1. The Kier molecular flexibility index (Phi) is 4.84. The SMILES string of the molecule is O=C(c1ccc2c(c1)OCCO2)[C@@H](Br)[C@@H](Br)c1ccccc1. The molecule has 0 unspecified atom stereocenters. The molecule has 114 valence electrons. The third-order valence-electron chi connectivity index (χ3n) is 3.45. The van der Waals surface area contributed by atoms with E-state index in [1.807, 2.05) is 30.3 Å². The maximum absolute atomic E-state index is 12.7. The number of carbonyl (C=O) groups is 1. The Morgan fingerprint density at radius 2 is 1.64 bits per heavy atom. The van der Waals surface area contributed by atoms with Crippen LogP contribution in [-0.4, -0.2) is 23.8 Å². The van der Waals surface area contributed by atoms with E-state index in [-0.39, 0.29) is 15.4 Å². The second-order valence-electron chi connectivity index (χ2n) is 4.94. The van der Waals surface area contributed by atoms with E-state index in [0.29, 0.717) is 30.3 Å². The fraction of sp³-hybridized carbons (Fsp3) is 0.235. The number of alkyl halides is 2. The molecule has 0 amide bonds. The normalized spacial score (nSPS) is 15.9. The summed E-state index contributed by atoms with van der Waals surface area (Å²) in [5, 5.41) is 0. The molecule has 0 aromatic heterocycles. The summed E-state index contributed by atoms with van der Waals surface area (Å²) in [4.78, 5) is 12.2. The molecule has 5 heteroatoms. The van der Waals surface area contributed by atoms with Crippen molar-refractivity contribution in [2.75, 3.05) is 13.2 Å². The van der Waals surface area contributed by atoms with Crippen LogP contribution >= 0.6 is 31.9 Å². The van der Waals surface area contributed by atoms with Crippen molar-refractivity contribution in [1.29, 1.82) is 0 Å². The van der Waals surface area contributed by atoms with E-state index < -0.39 is 0 Å². The van der Waals surface area contributed by atoms with Gasteiger partial charge in [0, 0.05) is 5.56 Å². The van der Waals surface area contributed by atoms with Crippen LogP contribution in [0.15, 0.2) is 48.5 Å². The molecule has 0 fully saturated rings. The number of hydrogen-bond acceptors (Lipinski definition) is 3. The molecule has 0 saturated heterocycles. The van der Waals surface area contributed by atoms with E-state index in [0.717, 1.165) is 5.56 Å². The Morgan fingerprint density at radius 3 is 2.36 bits per heavy atom. The monoisotopic (exact) mass is 424 g/mol. The highest BCUT2D eigenvalue weighted by atomic mass is 79.9. The zero-order valence-corrected chi connectivity index (χ0v) is 14.8. The van der Waals surface area contributed by atoms with Crippen LogP contribution in [0, 0.1) is 0 Å². The van der Waals surface area contributed by atoms with Crippen LogP contribution in [0.4, 0.5) is 0 Å². The van der Waals surface area contributed by atoms with Gasteiger partial charge >= 0.3 is 0 Å². The minimum absolute atomic E-state index is 0.00250. The number of hydrogen-bond donors (Lipinski definition) is 0. The van der Waals surface area contributed by atoms with Gasteiger partial charge in [-0.3, -0.25) is 4.79 Å². The molecule has 0 aliphatic carbocycles.